The molecule has 4 fully saturated rings. The second kappa shape index (κ2) is 17.7. The van der Waals surface area contributed by atoms with Crippen LogP contribution in [0.5, 0.6) is 5.88 Å². The van der Waals surface area contributed by atoms with E-state index in [1.165, 1.54) is 30.2 Å². The van der Waals surface area contributed by atoms with Gasteiger partial charge in [-0.2, -0.15) is 13.2 Å². The third kappa shape index (κ3) is 9.47. The van der Waals surface area contributed by atoms with E-state index in [1.807, 2.05) is 10.9 Å². The van der Waals surface area contributed by atoms with Gasteiger partial charge >= 0.3 is 6.18 Å². The standard InChI is InChI=1S/C41H51F3N8O6/c42-41(43,44)32-21-35-29-5-4-6-30(19-29)39(54)52-26-34(58-27-33-25-51(47-46-33)13-12-48-9-2-1-3-10-48)23-36(52)40(55)50-11-7-28(20-38(53)49-14-17-56-18-15-49)31(24-50)8-16-57-37(22-32)45-35/h4-6,19,21-22,25,28,31,34,36H,1-3,7-18,20,23-24,26-27H2/t28-,31-,34+,36-/m0/s1. The Morgan fingerprint density at radius 2 is 1.72 bits per heavy atom. The maximum atomic E-state index is 14.6. The number of hydrogen-bond donors (Lipinski definition) is 0. The molecule has 6 bridgehead atoms. The predicted octanol–water partition coefficient (Wildman–Crippen LogP) is 4.14. The van der Waals surface area contributed by atoms with E-state index in [0.717, 1.165) is 38.3 Å². The molecule has 0 spiro atoms. The zero-order valence-corrected chi connectivity index (χ0v) is 32.7. The zero-order valence-electron chi connectivity index (χ0n) is 32.7. The van der Waals surface area contributed by atoms with Gasteiger partial charge in [0.05, 0.1) is 56.5 Å². The molecule has 17 heteroatoms. The molecule has 0 saturated carbocycles. The number of halogens is 3. The topological polar surface area (TPSA) is 135 Å². The Hall–Kier alpha value is -4.61. The van der Waals surface area contributed by atoms with Crippen LogP contribution < -0.4 is 4.74 Å². The average molecular weight is 809 g/mol. The first-order valence-corrected chi connectivity index (χ1v) is 20.6. The summed E-state index contributed by atoms with van der Waals surface area (Å²) in [5.41, 5.74) is 0.240. The van der Waals surface area contributed by atoms with Crippen LogP contribution in [-0.4, -0.2) is 142 Å². The number of carbonyl (C=O) groups excluding carboxylic acids is 3. The molecule has 58 heavy (non-hydrogen) atoms. The molecule has 3 aromatic rings. The van der Waals surface area contributed by atoms with E-state index in [2.05, 4.69) is 20.2 Å². The van der Waals surface area contributed by atoms with Crippen molar-refractivity contribution >= 4 is 17.7 Å². The molecule has 5 aliphatic heterocycles. The fourth-order valence-corrected chi connectivity index (χ4v) is 8.96. The van der Waals surface area contributed by atoms with Gasteiger partial charge in [-0.1, -0.05) is 23.8 Å². The third-order valence-corrected chi connectivity index (χ3v) is 12.2. The number of nitrogens with zero attached hydrogens (tertiary/aromatic N) is 8. The van der Waals surface area contributed by atoms with E-state index in [1.54, 1.807) is 28.0 Å². The molecule has 1 aromatic carbocycles. The highest BCUT2D eigenvalue weighted by molar-refractivity contribution is 5.99. The minimum absolute atomic E-state index is 0.00336. The highest BCUT2D eigenvalue weighted by atomic mass is 19.4. The van der Waals surface area contributed by atoms with E-state index in [9.17, 15) is 27.6 Å². The third-order valence-electron chi connectivity index (χ3n) is 12.2. The number of amides is 3. The lowest BCUT2D eigenvalue weighted by Crippen LogP contribution is -2.52. The molecule has 2 aromatic heterocycles. The number of ether oxygens (including phenoxy) is 3. The molecule has 14 nitrogen and oxygen atoms in total. The smallest absolute Gasteiger partial charge is 0.416 e. The first-order valence-electron chi connectivity index (χ1n) is 20.6. The minimum Gasteiger partial charge on any atom is -0.478 e. The molecular weight excluding hydrogens is 757 g/mol. The second-order valence-corrected chi connectivity index (χ2v) is 16.1. The molecule has 4 saturated heterocycles. The largest absolute Gasteiger partial charge is 0.478 e. The summed E-state index contributed by atoms with van der Waals surface area (Å²) in [7, 11) is 0. The number of benzene rings is 1. The number of alkyl halides is 3. The van der Waals surface area contributed by atoms with Crippen LogP contribution in [-0.2, 0) is 38.4 Å². The summed E-state index contributed by atoms with van der Waals surface area (Å²) in [6.45, 7) is 6.83. The van der Waals surface area contributed by atoms with E-state index in [4.69, 9.17) is 14.2 Å². The summed E-state index contributed by atoms with van der Waals surface area (Å²) in [4.78, 5) is 54.4. The maximum Gasteiger partial charge on any atom is 0.416 e. The van der Waals surface area contributed by atoms with Gasteiger partial charge in [0.1, 0.15) is 11.7 Å². The Kier molecular flexibility index (Phi) is 12.3. The van der Waals surface area contributed by atoms with Gasteiger partial charge in [0.25, 0.3) is 5.91 Å². The van der Waals surface area contributed by atoms with E-state index in [-0.39, 0.29) is 73.4 Å². The molecule has 7 heterocycles. The van der Waals surface area contributed by atoms with Crippen molar-refractivity contribution in [3.8, 4) is 17.1 Å². The van der Waals surface area contributed by atoms with E-state index < -0.39 is 29.8 Å². The summed E-state index contributed by atoms with van der Waals surface area (Å²) >= 11 is 0. The highest BCUT2D eigenvalue weighted by Gasteiger charge is 2.44. The molecule has 3 amide bonds. The van der Waals surface area contributed by atoms with Crippen molar-refractivity contribution in [1.29, 1.82) is 0 Å². The number of piperidine rings is 2. The Bertz CT molecular complexity index is 1930. The number of rotatable bonds is 8. The summed E-state index contributed by atoms with van der Waals surface area (Å²) < 4.78 is 62.0. The van der Waals surface area contributed by atoms with Crippen molar-refractivity contribution in [3.63, 3.8) is 0 Å². The van der Waals surface area contributed by atoms with Gasteiger partial charge in [-0.25, -0.2) is 4.98 Å². The molecule has 312 valence electrons. The maximum absolute atomic E-state index is 14.6. The molecule has 4 atom stereocenters. The number of morpholine rings is 1. The van der Waals surface area contributed by atoms with Gasteiger partial charge in [-0.3, -0.25) is 19.1 Å². The summed E-state index contributed by atoms with van der Waals surface area (Å²) in [5.74, 6) is -1.09. The van der Waals surface area contributed by atoms with Crippen LogP contribution in [0.2, 0.25) is 0 Å². The van der Waals surface area contributed by atoms with Crippen LogP contribution >= 0.6 is 0 Å². The van der Waals surface area contributed by atoms with Crippen molar-refractivity contribution in [2.24, 2.45) is 11.8 Å². The first kappa shape index (κ1) is 40.2. The van der Waals surface area contributed by atoms with Crippen LogP contribution in [0.4, 0.5) is 13.2 Å². The van der Waals surface area contributed by atoms with Crippen molar-refractivity contribution < 1.29 is 41.8 Å². The Balaban J connectivity index is 1.04. The Labute approximate surface area is 335 Å². The van der Waals surface area contributed by atoms with Crippen molar-refractivity contribution in [1.82, 2.24) is 39.6 Å². The lowest BCUT2D eigenvalue weighted by molar-refractivity contribution is -0.140. The average Bonchev–Trinajstić information content (AvgIpc) is 3.89. The van der Waals surface area contributed by atoms with E-state index >= 15 is 0 Å². The molecule has 0 aliphatic carbocycles. The fourth-order valence-electron chi connectivity index (χ4n) is 8.96. The Morgan fingerprint density at radius 3 is 2.53 bits per heavy atom. The van der Waals surface area contributed by atoms with Crippen molar-refractivity contribution in [2.75, 3.05) is 72.2 Å². The lowest BCUT2D eigenvalue weighted by Gasteiger charge is -2.41. The summed E-state index contributed by atoms with van der Waals surface area (Å²) in [6, 6.07) is 7.27. The van der Waals surface area contributed by atoms with Gasteiger partial charge < -0.3 is 33.8 Å². The minimum atomic E-state index is -4.67. The molecular formula is C41H51F3N8O6. The number of carbonyl (C=O) groups is 3. The van der Waals surface area contributed by atoms with Crippen LogP contribution in [0.15, 0.2) is 42.6 Å². The summed E-state index contributed by atoms with van der Waals surface area (Å²) in [5, 5.41) is 8.60. The number of fused-ring (bicyclic) bond motifs is 8. The van der Waals surface area contributed by atoms with Gasteiger partial charge in [-0.15, -0.1) is 5.10 Å². The normalized spacial score (nSPS) is 24.8. The van der Waals surface area contributed by atoms with Gasteiger partial charge in [0.2, 0.25) is 17.7 Å². The molecule has 8 rings (SSSR count). The fraction of sp³-hybridized carbons (Fsp3) is 0.610. The van der Waals surface area contributed by atoms with Gasteiger partial charge in [-0.05, 0) is 68.8 Å². The summed E-state index contributed by atoms with van der Waals surface area (Å²) in [6.07, 6.45) is 1.88. The van der Waals surface area contributed by atoms with Crippen LogP contribution in [0.1, 0.15) is 66.6 Å². The lowest BCUT2D eigenvalue weighted by atomic mass is 9.80. The number of pyridine rings is 1. The van der Waals surface area contributed by atoms with Gasteiger partial charge in [0, 0.05) is 69.3 Å². The Morgan fingerprint density at radius 1 is 0.914 bits per heavy atom. The van der Waals surface area contributed by atoms with E-state index in [0.29, 0.717) is 63.5 Å². The quantitative estimate of drug-likeness (QED) is 0.327. The first-order chi connectivity index (χ1) is 28.1. The van der Waals surface area contributed by atoms with Crippen LogP contribution in [0.25, 0.3) is 11.3 Å². The SMILES string of the molecule is O=C(C[C@@H]1CCN2C[C@@H]1CCOc1cc(C(F)(F)F)cc(n1)-c1cccc(c1)C(=O)N1C[C@H](OCc3cn(CCN4CCCCC4)nn3)C[C@H]1C2=O)N1CCOCC1. The van der Waals surface area contributed by atoms with Crippen LogP contribution in [0.3, 0.4) is 0 Å². The number of likely N-dealkylation sites (tertiary alicyclic amines) is 1. The highest BCUT2D eigenvalue weighted by Crippen LogP contribution is 2.36. The van der Waals surface area contributed by atoms with Crippen LogP contribution in [0, 0.1) is 11.8 Å². The van der Waals surface area contributed by atoms with Crippen molar-refractivity contribution in [3.05, 3.63) is 59.4 Å². The second-order valence-electron chi connectivity index (χ2n) is 16.1. The molecule has 5 aliphatic rings. The monoisotopic (exact) mass is 808 g/mol. The predicted molar refractivity (Wildman–Crippen MR) is 203 cm³/mol. The number of hydrogen-bond acceptors (Lipinski definition) is 10. The molecule has 0 radical (unpaired) electrons. The number of aromatic nitrogens is 4. The zero-order chi connectivity index (χ0) is 40.2. The molecule has 0 N–H and O–H groups in total. The van der Waals surface area contributed by atoms with Gasteiger partial charge in [0.15, 0.2) is 0 Å². The molecule has 0 unspecified atom stereocenters. The van der Waals surface area contributed by atoms with Crippen molar-refractivity contribution in [2.45, 2.75) is 76.4 Å².